The molecule has 0 aromatic carbocycles. The number of ether oxygens (including phenoxy) is 10. The lowest BCUT2D eigenvalue weighted by Gasteiger charge is -2.19. The fourth-order valence-corrected chi connectivity index (χ4v) is 3.66. The van der Waals surface area contributed by atoms with E-state index in [2.05, 4.69) is 16.0 Å². The molecular formula is C32H63N3O13. The van der Waals surface area contributed by atoms with E-state index in [1.807, 2.05) is 20.8 Å². The molecule has 0 aromatic rings. The van der Waals surface area contributed by atoms with E-state index >= 15 is 0 Å². The average molecular weight is 698 g/mol. The van der Waals surface area contributed by atoms with Crippen molar-refractivity contribution in [2.24, 2.45) is 0 Å². The minimum atomic E-state index is -0.896. The van der Waals surface area contributed by atoms with Crippen molar-refractivity contribution in [1.82, 2.24) is 16.0 Å². The van der Waals surface area contributed by atoms with Gasteiger partial charge >= 0.3 is 0 Å². The van der Waals surface area contributed by atoms with Gasteiger partial charge in [0.25, 0.3) is 0 Å². The Hall–Kier alpha value is -1.99. The Labute approximate surface area is 286 Å². The van der Waals surface area contributed by atoms with Crippen LogP contribution in [-0.4, -0.2) is 156 Å². The Morgan fingerprint density at radius 1 is 0.542 bits per heavy atom. The summed E-state index contributed by atoms with van der Waals surface area (Å²) in [6, 6.07) is -0.896. The van der Waals surface area contributed by atoms with Gasteiger partial charge in [-0.05, 0) is 40.5 Å². The largest absolute Gasteiger partial charge is 0.382 e. The Balaban J connectivity index is 4.20. The molecule has 0 aliphatic rings. The normalized spacial score (nSPS) is 13.3. The highest BCUT2D eigenvalue weighted by Crippen LogP contribution is 2.01. The van der Waals surface area contributed by atoms with Crippen LogP contribution in [0.1, 0.15) is 53.4 Å². The monoisotopic (exact) mass is 697 g/mol. The van der Waals surface area contributed by atoms with Crippen molar-refractivity contribution >= 4 is 17.7 Å². The van der Waals surface area contributed by atoms with Crippen molar-refractivity contribution in [2.75, 3.05) is 113 Å². The maximum Gasteiger partial charge on any atom is 0.242 e. The topological polar surface area (TPSA) is 180 Å². The van der Waals surface area contributed by atoms with Gasteiger partial charge in [0, 0.05) is 46.8 Å². The first-order valence-electron chi connectivity index (χ1n) is 16.8. The first-order valence-corrected chi connectivity index (χ1v) is 16.8. The highest BCUT2D eigenvalue weighted by Gasteiger charge is 2.21. The van der Waals surface area contributed by atoms with E-state index in [9.17, 15) is 14.4 Å². The zero-order chi connectivity index (χ0) is 35.7. The van der Waals surface area contributed by atoms with Crippen LogP contribution in [0.3, 0.4) is 0 Å². The molecule has 0 saturated heterocycles. The minimum absolute atomic E-state index is 0.0384. The molecule has 0 radical (unpaired) electrons. The maximum atomic E-state index is 12.8. The number of methoxy groups -OCH3 is 2. The summed E-state index contributed by atoms with van der Waals surface area (Å²) in [5.41, 5.74) is 0. The van der Waals surface area contributed by atoms with Gasteiger partial charge in [0.05, 0.1) is 85.4 Å². The summed E-state index contributed by atoms with van der Waals surface area (Å²) in [6.45, 7) is 13.3. The lowest BCUT2D eigenvalue weighted by molar-refractivity contribution is -0.142. The third-order valence-electron chi connectivity index (χ3n) is 6.29. The number of carbonyl (C=O) groups excluding carboxylic acids is 3. The van der Waals surface area contributed by atoms with E-state index in [-0.39, 0.29) is 69.5 Å². The molecule has 0 rings (SSSR count). The molecule has 48 heavy (non-hydrogen) atoms. The predicted octanol–water partition coefficient (Wildman–Crippen LogP) is 0.790. The molecule has 0 spiro atoms. The lowest BCUT2D eigenvalue weighted by atomic mass is 10.1. The van der Waals surface area contributed by atoms with Crippen LogP contribution < -0.4 is 16.0 Å². The fourth-order valence-electron chi connectivity index (χ4n) is 3.66. The van der Waals surface area contributed by atoms with Gasteiger partial charge in [0.2, 0.25) is 17.7 Å². The van der Waals surface area contributed by atoms with Gasteiger partial charge in [-0.2, -0.15) is 0 Å². The van der Waals surface area contributed by atoms with Crippen LogP contribution in [0.5, 0.6) is 0 Å². The minimum Gasteiger partial charge on any atom is -0.382 e. The van der Waals surface area contributed by atoms with Crippen LogP contribution in [0.15, 0.2) is 0 Å². The third-order valence-corrected chi connectivity index (χ3v) is 6.29. The van der Waals surface area contributed by atoms with Gasteiger partial charge in [-0.1, -0.05) is 0 Å². The van der Waals surface area contributed by atoms with Crippen molar-refractivity contribution in [3.05, 3.63) is 0 Å². The quantitative estimate of drug-likeness (QED) is 0.0626. The van der Waals surface area contributed by atoms with Gasteiger partial charge in [0.1, 0.15) is 6.04 Å². The zero-order valence-corrected chi connectivity index (χ0v) is 30.1. The number of hydrogen-bond donors (Lipinski definition) is 3. The van der Waals surface area contributed by atoms with Crippen LogP contribution in [-0.2, 0) is 61.8 Å². The molecule has 3 N–H and O–H groups in total. The zero-order valence-electron chi connectivity index (χ0n) is 30.1. The number of amides is 3. The molecule has 16 heteroatoms. The van der Waals surface area contributed by atoms with Crippen LogP contribution in [0.25, 0.3) is 0 Å². The lowest BCUT2D eigenvalue weighted by Crippen LogP contribution is -2.48. The van der Waals surface area contributed by atoms with E-state index < -0.39 is 11.9 Å². The van der Waals surface area contributed by atoms with Crippen LogP contribution in [0.2, 0.25) is 0 Å². The van der Waals surface area contributed by atoms with E-state index in [0.29, 0.717) is 85.6 Å². The highest BCUT2D eigenvalue weighted by atomic mass is 16.7. The molecule has 16 nitrogen and oxygen atoms in total. The molecule has 0 fully saturated rings. The SMILES string of the molecule is COCCOCCC(=O)NC(CCC(=O)NCCOCCCOC(C)OCCOCCOC(C)C)C(=O)NCCOCCOC(C)OC. The van der Waals surface area contributed by atoms with E-state index in [1.165, 1.54) is 0 Å². The van der Waals surface area contributed by atoms with Gasteiger partial charge in [-0.3, -0.25) is 14.4 Å². The number of nitrogens with one attached hydrogen (secondary N) is 3. The molecule has 0 aliphatic heterocycles. The molecule has 3 atom stereocenters. The summed E-state index contributed by atoms with van der Waals surface area (Å²) in [6.07, 6.45) is 0.408. The Morgan fingerprint density at radius 3 is 1.77 bits per heavy atom. The van der Waals surface area contributed by atoms with Crippen LogP contribution >= 0.6 is 0 Å². The Kier molecular flexibility index (Phi) is 32.1. The van der Waals surface area contributed by atoms with Crippen LogP contribution in [0, 0.1) is 0 Å². The number of rotatable bonds is 35. The van der Waals surface area contributed by atoms with Gasteiger partial charge in [-0.25, -0.2) is 0 Å². The number of carbonyl (C=O) groups is 3. The average Bonchev–Trinajstić information content (AvgIpc) is 3.06. The Morgan fingerprint density at radius 2 is 1.10 bits per heavy atom. The predicted molar refractivity (Wildman–Crippen MR) is 176 cm³/mol. The Bertz CT molecular complexity index is 780. The van der Waals surface area contributed by atoms with E-state index in [1.54, 1.807) is 21.1 Å². The summed E-state index contributed by atoms with van der Waals surface area (Å²) < 4.78 is 53.6. The second-order valence-corrected chi connectivity index (χ2v) is 10.7. The third kappa shape index (κ3) is 31.3. The molecule has 3 amide bonds. The van der Waals surface area contributed by atoms with Crippen molar-refractivity contribution in [2.45, 2.75) is 78.1 Å². The summed E-state index contributed by atoms with van der Waals surface area (Å²) in [7, 11) is 3.11. The van der Waals surface area contributed by atoms with Crippen molar-refractivity contribution in [3.63, 3.8) is 0 Å². The second-order valence-electron chi connectivity index (χ2n) is 10.7. The molecule has 0 saturated carbocycles. The maximum absolute atomic E-state index is 12.8. The van der Waals surface area contributed by atoms with E-state index in [0.717, 1.165) is 0 Å². The summed E-state index contributed by atoms with van der Waals surface area (Å²) >= 11 is 0. The van der Waals surface area contributed by atoms with Crippen molar-refractivity contribution in [3.8, 4) is 0 Å². The summed E-state index contributed by atoms with van der Waals surface area (Å²) in [5, 5.41) is 8.21. The standard InChI is InChI=1S/C32H63N3O13/c1-26(2)45-23-20-44-22-25-48-28(4)46-14-7-13-41-16-11-33-30(36)9-8-29(35-31(37)10-15-42-19-18-39-5)32(38)34-12-17-43-21-24-47-27(3)40-6/h26-29H,7-25H2,1-6H3,(H,33,36)(H,34,38)(H,35,37). The first-order chi connectivity index (χ1) is 23.2. The van der Waals surface area contributed by atoms with Gasteiger partial charge in [0.15, 0.2) is 12.6 Å². The molecule has 3 unspecified atom stereocenters. The summed E-state index contributed by atoms with van der Waals surface area (Å²) in [4.78, 5) is 37.7. The fraction of sp³-hybridized carbons (Fsp3) is 0.906. The van der Waals surface area contributed by atoms with Gasteiger partial charge in [-0.15, -0.1) is 0 Å². The summed E-state index contributed by atoms with van der Waals surface area (Å²) in [5.74, 6) is -1.02. The second kappa shape index (κ2) is 33.5. The molecule has 0 aliphatic carbocycles. The van der Waals surface area contributed by atoms with Crippen molar-refractivity contribution < 1.29 is 61.8 Å². The van der Waals surface area contributed by atoms with Gasteiger partial charge < -0.3 is 63.3 Å². The molecule has 0 bridgehead atoms. The molecule has 0 heterocycles. The molecule has 284 valence electrons. The molecule has 0 aromatic heterocycles. The molecular weight excluding hydrogens is 634 g/mol. The smallest absolute Gasteiger partial charge is 0.242 e. The first kappa shape index (κ1) is 46.0. The van der Waals surface area contributed by atoms with Crippen molar-refractivity contribution in [1.29, 1.82) is 0 Å². The number of hydrogen-bond acceptors (Lipinski definition) is 13. The van der Waals surface area contributed by atoms with E-state index in [4.69, 9.17) is 47.4 Å². The highest BCUT2D eigenvalue weighted by molar-refractivity contribution is 5.88. The van der Waals surface area contributed by atoms with Crippen LogP contribution in [0.4, 0.5) is 0 Å².